The normalized spacial score (nSPS) is 17.4. The van der Waals surface area contributed by atoms with Crippen molar-refractivity contribution in [1.29, 1.82) is 0 Å². The summed E-state index contributed by atoms with van der Waals surface area (Å²) in [5.74, 6) is 2.81. The minimum absolute atomic E-state index is 0. The lowest BCUT2D eigenvalue weighted by Gasteiger charge is -2.23. The van der Waals surface area contributed by atoms with Gasteiger partial charge in [-0.1, -0.05) is 19.0 Å². The van der Waals surface area contributed by atoms with Crippen molar-refractivity contribution in [3.8, 4) is 0 Å². The van der Waals surface area contributed by atoms with Crippen LogP contribution < -0.4 is 10.6 Å². The second-order valence-electron chi connectivity index (χ2n) is 7.16. The van der Waals surface area contributed by atoms with Crippen LogP contribution in [0.3, 0.4) is 0 Å². The van der Waals surface area contributed by atoms with Gasteiger partial charge in [-0.25, -0.2) is 4.99 Å². The quantitative estimate of drug-likeness (QED) is 0.324. The van der Waals surface area contributed by atoms with E-state index in [2.05, 4.69) is 34.6 Å². The third-order valence-electron chi connectivity index (χ3n) is 4.58. The maximum atomic E-state index is 5.80. The van der Waals surface area contributed by atoms with E-state index in [-0.39, 0.29) is 30.1 Å². The van der Waals surface area contributed by atoms with Crippen LogP contribution in [-0.4, -0.2) is 36.9 Å². The molecule has 3 heterocycles. The van der Waals surface area contributed by atoms with E-state index in [0.717, 1.165) is 62.1 Å². The number of nitrogens with zero attached hydrogens (tertiary/aromatic N) is 2. The lowest BCUT2D eigenvalue weighted by Crippen LogP contribution is -2.43. The fraction of sp³-hybridized carbons (Fsp3) is 0.600. The maximum Gasteiger partial charge on any atom is 0.191 e. The second-order valence-corrected chi connectivity index (χ2v) is 7.16. The fourth-order valence-corrected chi connectivity index (χ4v) is 2.94. The molecule has 28 heavy (non-hydrogen) atoms. The molecule has 1 aliphatic rings. The van der Waals surface area contributed by atoms with E-state index in [4.69, 9.17) is 13.7 Å². The summed E-state index contributed by atoms with van der Waals surface area (Å²) in [6.45, 7) is 6.97. The van der Waals surface area contributed by atoms with Gasteiger partial charge in [0.05, 0.1) is 18.1 Å². The van der Waals surface area contributed by atoms with Gasteiger partial charge in [-0.3, -0.25) is 0 Å². The molecule has 0 aliphatic carbocycles. The molecular weight excluding hydrogens is 471 g/mol. The summed E-state index contributed by atoms with van der Waals surface area (Å²) in [5, 5.41) is 10.8. The molecule has 0 amide bonds. The molecule has 0 aromatic carbocycles. The van der Waals surface area contributed by atoms with Crippen LogP contribution in [0, 0.1) is 0 Å². The zero-order chi connectivity index (χ0) is 18.9. The first-order valence-corrected chi connectivity index (χ1v) is 9.82. The second kappa shape index (κ2) is 12.1. The van der Waals surface area contributed by atoms with E-state index in [1.165, 1.54) is 6.42 Å². The van der Waals surface area contributed by atoms with Crippen molar-refractivity contribution in [2.75, 3.05) is 19.7 Å². The van der Waals surface area contributed by atoms with Gasteiger partial charge in [-0.2, -0.15) is 0 Å². The molecule has 0 spiro atoms. The number of guanidine groups is 1. The molecule has 2 aromatic rings. The Labute approximate surface area is 183 Å². The van der Waals surface area contributed by atoms with Crippen LogP contribution in [0.1, 0.15) is 56.2 Å². The summed E-state index contributed by atoms with van der Waals surface area (Å²) < 4.78 is 16.6. The Balaban J connectivity index is 0.00000280. The van der Waals surface area contributed by atoms with Crippen LogP contribution in [0.2, 0.25) is 0 Å². The molecular formula is C20H31IN4O3. The Bertz CT molecular complexity index is 694. The molecule has 1 saturated heterocycles. The average molecular weight is 502 g/mol. The molecule has 0 saturated carbocycles. The molecule has 2 aromatic heterocycles. The molecule has 1 aliphatic heterocycles. The van der Waals surface area contributed by atoms with Crippen LogP contribution in [0.25, 0.3) is 0 Å². The van der Waals surface area contributed by atoms with Gasteiger partial charge in [0.1, 0.15) is 12.3 Å². The van der Waals surface area contributed by atoms with E-state index in [9.17, 15) is 0 Å². The van der Waals surface area contributed by atoms with Gasteiger partial charge in [0.25, 0.3) is 0 Å². The van der Waals surface area contributed by atoms with E-state index in [0.29, 0.717) is 12.5 Å². The Hall–Kier alpha value is -1.55. The van der Waals surface area contributed by atoms with Crippen LogP contribution in [0.4, 0.5) is 0 Å². The predicted octanol–water partition coefficient (Wildman–Crippen LogP) is 3.86. The number of nitrogens with one attached hydrogen (secondary N) is 2. The zero-order valence-corrected chi connectivity index (χ0v) is 19.0. The Morgan fingerprint density at radius 1 is 1.29 bits per heavy atom. The van der Waals surface area contributed by atoms with Gasteiger partial charge in [-0.05, 0) is 37.3 Å². The largest absolute Gasteiger partial charge is 0.469 e. The van der Waals surface area contributed by atoms with Gasteiger partial charge in [0.15, 0.2) is 11.7 Å². The Morgan fingerprint density at radius 3 is 2.86 bits per heavy atom. The van der Waals surface area contributed by atoms with E-state index < -0.39 is 0 Å². The number of hydrogen-bond donors (Lipinski definition) is 2. The third kappa shape index (κ3) is 7.46. The van der Waals surface area contributed by atoms with E-state index >= 15 is 0 Å². The number of ether oxygens (including phenoxy) is 1. The topological polar surface area (TPSA) is 84.8 Å². The maximum absolute atomic E-state index is 5.80. The number of aliphatic imine (C=N–C) groups is 1. The first-order valence-electron chi connectivity index (χ1n) is 9.82. The lowest BCUT2D eigenvalue weighted by molar-refractivity contribution is 0.0194. The SMILES string of the molecule is CC(C)c1cc(CN=C(NCCc2ccco2)NCC2CCCCO2)on1.I. The van der Waals surface area contributed by atoms with E-state index in [1.54, 1.807) is 6.26 Å². The summed E-state index contributed by atoms with van der Waals surface area (Å²) in [6, 6.07) is 5.85. The minimum atomic E-state index is 0. The van der Waals surface area contributed by atoms with Gasteiger partial charge < -0.3 is 24.3 Å². The standard InChI is InChI=1S/C20H30N4O3.HI/c1-15(2)19-12-18(27-24-19)14-23-20(21-9-8-16-7-5-11-25-16)22-13-17-6-3-4-10-26-17;/h5,7,11-12,15,17H,3-4,6,8-10,13-14H2,1-2H3,(H2,21,22,23);1H. The molecule has 8 heteroatoms. The fourth-order valence-electron chi connectivity index (χ4n) is 2.94. The highest BCUT2D eigenvalue weighted by molar-refractivity contribution is 14.0. The number of aromatic nitrogens is 1. The smallest absolute Gasteiger partial charge is 0.191 e. The van der Waals surface area contributed by atoms with Crippen molar-refractivity contribution in [2.45, 2.75) is 58.1 Å². The van der Waals surface area contributed by atoms with Crippen molar-refractivity contribution in [3.05, 3.63) is 41.7 Å². The van der Waals surface area contributed by atoms with Crippen molar-refractivity contribution < 1.29 is 13.7 Å². The highest BCUT2D eigenvalue weighted by Crippen LogP contribution is 2.14. The first kappa shape index (κ1) is 22.7. The molecule has 7 nitrogen and oxygen atoms in total. The highest BCUT2D eigenvalue weighted by Gasteiger charge is 2.14. The van der Waals surface area contributed by atoms with Crippen molar-refractivity contribution >= 4 is 29.9 Å². The van der Waals surface area contributed by atoms with Crippen LogP contribution in [0.5, 0.6) is 0 Å². The average Bonchev–Trinajstić information content (AvgIpc) is 3.36. The predicted molar refractivity (Wildman–Crippen MR) is 119 cm³/mol. The number of rotatable bonds is 8. The lowest BCUT2D eigenvalue weighted by atomic mass is 10.1. The van der Waals surface area contributed by atoms with Crippen LogP contribution >= 0.6 is 24.0 Å². The molecule has 0 radical (unpaired) electrons. The summed E-state index contributed by atoms with van der Waals surface area (Å²) in [7, 11) is 0. The molecule has 2 N–H and O–H groups in total. The van der Waals surface area contributed by atoms with Crippen molar-refractivity contribution in [1.82, 2.24) is 15.8 Å². The molecule has 1 fully saturated rings. The Kier molecular flexibility index (Phi) is 9.83. The Morgan fingerprint density at radius 2 is 2.18 bits per heavy atom. The summed E-state index contributed by atoms with van der Waals surface area (Å²) in [4.78, 5) is 4.64. The molecule has 3 rings (SSSR count). The van der Waals surface area contributed by atoms with Crippen LogP contribution in [-0.2, 0) is 17.7 Å². The van der Waals surface area contributed by atoms with Gasteiger partial charge >= 0.3 is 0 Å². The van der Waals surface area contributed by atoms with Gasteiger partial charge in [0.2, 0.25) is 0 Å². The minimum Gasteiger partial charge on any atom is -0.469 e. The monoisotopic (exact) mass is 502 g/mol. The third-order valence-corrected chi connectivity index (χ3v) is 4.58. The molecule has 156 valence electrons. The van der Waals surface area contributed by atoms with Crippen molar-refractivity contribution in [2.24, 2.45) is 4.99 Å². The first-order chi connectivity index (χ1) is 13.2. The highest BCUT2D eigenvalue weighted by atomic mass is 127. The summed E-state index contributed by atoms with van der Waals surface area (Å²) in [5.41, 5.74) is 0.955. The van der Waals surface area contributed by atoms with Crippen molar-refractivity contribution in [3.63, 3.8) is 0 Å². The summed E-state index contributed by atoms with van der Waals surface area (Å²) >= 11 is 0. The molecule has 1 atom stereocenters. The molecule has 1 unspecified atom stereocenters. The van der Waals surface area contributed by atoms with Gasteiger partial charge in [-0.15, -0.1) is 24.0 Å². The van der Waals surface area contributed by atoms with Gasteiger partial charge in [0, 0.05) is 32.2 Å². The molecule has 0 bridgehead atoms. The number of furan rings is 1. The zero-order valence-electron chi connectivity index (χ0n) is 16.6. The van der Waals surface area contributed by atoms with E-state index in [1.807, 2.05) is 18.2 Å². The summed E-state index contributed by atoms with van der Waals surface area (Å²) in [6.07, 6.45) is 6.20. The van der Waals surface area contributed by atoms with Crippen LogP contribution in [0.15, 0.2) is 38.4 Å². The number of hydrogen-bond acceptors (Lipinski definition) is 5. The number of halogens is 1.